The summed E-state index contributed by atoms with van der Waals surface area (Å²) in [5.74, 6) is -0.0781. The lowest BCUT2D eigenvalue weighted by Gasteiger charge is -2.10. The maximum atomic E-state index is 12.0. The summed E-state index contributed by atoms with van der Waals surface area (Å²) in [7, 11) is -3.48. The van der Waals surface area contributed by atoms with Gasteiger partial charge in [-0.25, -0.2) is 13.1 Å². The summed E-state index contributed by atoms with van der Waals surface area (Å²) >= 11 is 1.70. The smallest absolute Gasteiger partial charge is 0.240 e. The summed E-state index contributed by atoms with van der Waals surface area (Å²) < 4.78 is 26.5. The van der Waals surface area contributed by atoms with Gasteiger partial charge in [-0.3, -0.25) is 4.79 Å². The Morgan fingerprint density at radius 3 is 2.37 bits per heavy atom. The maximum absolute atomic E-state index is 12.0. The Morgan fingerprint density at radius 2 is 1.89 bits per heavy atom. The van der Waals surface area contributed by atoms with E-state index < -0.39 is 10.0 Å². The zero-order valence-electron chi connectivity index (χ0n) is 11.3. The van der Waals surface area contributed by atoms with Crippen molar-refractivity contribution < 1.29 is 13.2 Å². The Bertz CT molecular complexity index is 523. The SMILES string of the molecule is CSC(C)CCNS(=O)(=O)c1ccc(C(C)=O)cc1. The van der Waals surface area contributed by atoms with Crippen molar-refractivity contribution in [3.8, 4) is 0 Å². The molecule has 1 atom stereocenters. The van der Waals surface area contributed by atoms with Crippen LogP contribution in [0.2, 0.25) is 0 Å². The molecule has 0 spiro atoms. The molecule has 1 N–H and O–H groups in total. The fourth-order valence-electron chi connectivity index (χ4n) is 1.47. The van der Waals surface area contributed by atoms with E-state index in [0.29, 0.717) is 17.4 Å². The van der Waals surface area contributed by atoms with Crippen LogP contribution in [0.4, 0.5) is 0 Å². The highest BCUT2D eigenvalue weighted by molar-refractivity contribution is 7.99. The zero-order chi connectivity index (χ0) is 14.5. The molecule has 0 aromatic heterocycles. The predicted octanol–water partition coefficient (Wildman–Crippen LogP) is 2.31. The second-order valence-corrected chi connectivity index (χ2v) is 7.36. The normalized spacial score (nSPS) is 13.2. The highest BCUT2D eigenvalue weighted by atomic mass is 32.2. The van der Waals surface area contributed by atoms with Gasteiger partial charge >= 0.3 is 0 Å². The van der Waals surface area contributed by atoms with Crippen molar-refractivity contribution in [2.75, 3.05) is 12.8 Å². The van der Waals surface area contributed by atoms with E-state index in [1.807, 2.05) is 6.26 Å². The number of Topliss-reactive ketones (excluding diaryl/α,β-unsaturated/α-hetero) is 1. The van der Waals surface area contributed by atoms with Crippen molar-refractivity contribution in [2.24, 2.45) is 0 Å². The average Bonchev–Trinajstić information content (AvgIpc) is 2.38. The monoisotopic (exact) mass is 301 g/mol. The fourth-order valence-corrected chi connectivity index (χ4v) is 2.87. The first kappa shape index (κ1) is 16.2. The van der Waals surface area contributed by atoms with Crippen LogP contribution in [0.15, 0.2) is 29.2 Å². The molecule has 0 radical (unpaired) electrons. The van der Waals surface area contributed by atoms with E-state index in [0.717, 1.165) is 6.42 Å². The third kappa shape index (κ3) is 4.97. The van der Waals surface area contributed by atoms with Gasteiger partial charge in [0.25, 0.3) is 0 Å². The molecule has 1 unspecified atom stereocenters. The minimum Gasteiger partial charge on any atom is -0.295 e. The van der Waals surface area contributed by atoms with Crippen LogP contribution in [0.5, 0.6) is 0 Å². The molecule has 0 aliphatic heterocycles. The van der Waals surface area contributed by atoms with Gasteiger partial charge in [0.05, 0.1) is 4.90 Å². The van der Waals surface area contributed by atoms with Crippen molar-refractivity contribution in [2.45, 2.75) is 30.4 Å². The second-order valence-electron chi connectivity index (χ2n) is 4.31. The fraction of sp³-hybridized carbons (Fsp3) is 0.462. The van der Waals surface area contributed by atoms with Crippen LogP contribution in [0.1, 0.15) is 30.6 Å². The highest BCUT2D eigenvalue weighted by Gasteiger charge is 2.14. The highest BCUT2D eigenvalue weighted by Crippen LogP contribution is 2.12. The third-order valence-electron chi connectivity index (χ3n) is 2.82. The standard InChI is InChI=1S/C13H19NO3S2/c1-10(18-3)8-9-14-19(16,17)13-6-4-12(5-7-13)11(2)15/h4-7,10,14H,8-9H2,1-3H3. The largest absolute Gasteiger partial charge is 0.295 e. The van der Waals surface area contributed by atoms with E-state index in [-0.39, 0.29) is 10.7 Å². The van der Waals surface area contributed by atoms with Crippen LogP contribution in [0, 0.1) is 0 Å². The van der Waals surface area contributed by atoms with Gasteiger partial charge < -0.3 is 0 Å². The number of ketones is 1. The van der Waals surface area contributed by atoms with Crippen molar-refractivity contribution in [3.63, 3.8) is 0 Å². The van der Waals surface area contributed by atoms with Gasteiger partial charge in [-0.1, -0.05) is 19.1 Å². The van der Waals surface area contributed by atoms with Gasteiger partial charge in [0.15, 0.2) is 5.78 Å². The molecule has 1 aromatic rings. The predicted molar refractivity (Wildman–Crippen MR) is 79.2 cm³/mol. The summed E-state index contributed by atoms with van der Waals surface area (Å²) in [6.45, 7) is 3.92. The number of nitrogens with one attached hydrogen (secondary N) is 1. The lowest BCUT2D eigenvalue weighted by Crippen LogP contribution is -2.26. The molecule has 0 bridgehead atoms. The molecule has 1 aromatic carbocycles. The van der Waals surface area contributed by atoms with Gasteiger partial charge in [-0.2, -0.15) is 11.8 Å². The number of carbonyl (C=O) groups excluding carboxylic acids is 1. The van der Waals surface area contributed by atoms with Crippen LogP contribution in [-0.4, -0.2) is 32.3 Å². The van der Waals surface area contributed by atoms with E-state index in [1.54, 1.807) is 11.8 Å². The van der Waals surface area contributed by atoms with Crippen LogP contribution in [0.3, 0.4) is 0 Å². The molecule has 0 amide bonds. The van der Waals surface area contributed by atoms with Crippen LogP contribution in [0.25, 0.3) is 0 Å². The van der Waals surface area contributed by atoms with Crippen molar-refractivity contribution >= 4 is 27.6 Å². The summed E-state index contributed by atoms with van der Waals surface area (Å²) in [5, 5.41) is 0.419. The summed E-state index contributed by atoms with van der Waals surface area (Å²) in [5.41, 5.74) is 0.509. The topological polar surface area (TPSA) is 63.2 Å². The quantitative estimate of drug-likeness (QED) is 0.785. The molecule has 6 heteroatoms. The van der Waals surface area contributed by atoms with Crippen molar-refractivity contribution in [1.82, 2.24) is 4.72 Å². The molecule has 4 nitrogen and oxygen atoms in total. The Hall–Kier alpha value is -0.850. The first-order chi connectivity index (χ1) is 8.86. The summed E-state index contributed by atoms with van der Waals surface area (Å²) in [6.07, 6.45) is 2.78. The van der Waals surface area contributed by atoms with Gasteiger partial charge in [0, 0.05) is 17.4 Å². The lowest BCUT2D eigenvalue weighted by atomic mass is 10.2. The number of rotatable bonds is 7. The van der Waals surface area contributed by atoms with Crippen LogP contribution < -0.4 is 4.72 Å². The molecule has 0 aliphatic carbocycles. The van der Waals surface area contributed by atoms with E-state index in [9.17, 15) is 13.2 Å². The Balaban J connectivity index is 2.69. The number of benzene rings is 1. The van der Waals surface area contributed by atoms with Gasteiger partial charge in [-0.15, -0.1) is 0 Å². The lowest BCUT2D eigenvalue weighted by molar-refractivity contribution is 0.101. The van der Waals surface area contributed by atoms with Gasteiger partial charge in [-0.05, 0) is 31.7 Å². The molecule has 0 saturated heterocycles. The zero-order valence-corrected chi connectivity index (χ0v) is 13.0. The van der Waals surface area contributed by atoms with Crippen LogP contribution >= 0.6 is 11.8 Å². The van der Waals surface area contributed by atoms with E-state index in [4.69, 9.17) is 0 Å². The number of sulfonamides is 1. The van der Waals surface area contributed by atoms with Crippen molar-refractivity contribution in [3.05, 3.63) is 29.8 Å². The summed E-state index contributed by atoms with van der Waals surface area (Å²) in [4.78, 5) is 11.3. The Labute approximate surface area is 119 Å². The number of hydrogen-bond donors (Lipinski definition) is 1. The molecule has 1 rings (SSSR count). The second kappa shape index (κ2) is 7.07. The minimum atomic E-state index is -3.48. The summed E-state index contributed by atoms with van der Waals surface area (Å²) in [6, 6.07) is 5.97. The maximum Gasteiger partial charge on any atom is 0.240 e. The Kier molecular flexibility index (Phi) is 6.03. The number of hydrogen-bond acceptors (Lipinski definition) is 4. The molecular weight excluding hydrogens is 282 g/mol. The molecule has 0 fully saturated rings. The molecule has 106 valence electrons. The molecule has 0 heterocycles. The third-order valence-corrected chi connectivity index (χ3v) is 5.33. The average molecular weight is 301 g/mol. The molecular formula is C13H19NO3S2. The first-order valence-corrected chi connectivity index (χ1v) is 8.77. The number of carbonyl (C=O) groups is 1. The van der Waals surface area contributed by atoms with Crippen molar-refractivity contribution in [1.29, 1.82) is 0 Å². The minimum absolute atomic E-state index is 0.0781. The molecule has 19 heavy (non-hydrogen) atoms. The van der Waals surface area contributed by atoms with Gasteiger partial charge in [0.2, 0.25) is 10.0 Å². The van der Waals surface area contributed by atoms with E-state index in [1.165, 1.54) is 31.2 Å². The molecule has 0 aliphatic rings. The van der Waals surface area contributed by atoms with E-state index in [2.05, 4.69) is 11.6 Å². The van der Waals surface area contributed by atoms with E-state index >= 15 is 0 Å². The first-order valence-electron chi connectivity index (χ1n) is 6.00. The molecule has 0 saturated carbocycles. The van der Waals surface area contributed by atoms with Gasteiger partial charge in [0.1, 0.15) is 0 Å². The number of thioether (sulfide) groups is 1. The van der Waals surface area contributed by atoms with Crippen LogP contribution in [-0.2, 0) is 10.0 Å². The Morgan fingerprint density at radius 1 is 1.32 bits per heavy atom.